The molecule has 1 saturated carbocycles. The number of urea groups is 1. The Morgan fingerprint density at radius 3 is 2.48 bits per heavy atom. The predicted octanol–water partition coefficient (Wildman–Crippen LogP) is 3.84. The van der Waals surface area contributed by atoms with Gasteiger partial charge < -0.3 is 15.1 Å². The molecule has 27 heavy (non-hydrogen) atoms. The van der Waals surface area contributed by atoms with Gasteiger partial charge >= 0.3 is 12.2 Å². The number of hydrogen-bond donors (Lipinski definition) is 1. The zero-order valence-corrected chi connectivity index (χ0v) is 15.5. The third-order valence-electron chi connectivity index (χ3n) is 5.25. The average molecular weight is 382 g/mol. The Bertz CT molecular complexity index is 696. The molecule has 1 aromatic rings. The Morgan fingerprint density at radius 2 is 1.85 bits per heavy atom. The van der Waals surface area contributed by atoms with Crippen molar-refractivity contribution >= 4 is 11.7 Å². The first kappa shape index (κ1) is 19.5. The molecule has 0 bridgehead atoms. The molecule has 148 valence electrons. The SMILES string of the molecule is CN(C)C1CCC(NC(=O)N2C=CN(c3cccc(C(F)(F)F)c3)C2)CC1. The molecular formula is C19H25F3N4O. The molecule has 2 amide bonds. The van der Waals surface area contributed by atoms with Crippen molar-refractivity contribution in [3.8, 4) is 0 Å². The maximum Gasteiger partial charge on any atom is 0.416 e. The first-order chi connectivity index (χ1) is 12.7. The maximum atomic E-state index is 12.9. The van der Waals surface area contributed by atoms with Crippen molar-refractivity contribution in [2.45, 2.75) is 43.9 Å². The van der Waals surface area contributed by atoms with Crippen LogP contribution in [0.2, 0.25) is 0 Å². The lowest BCUT2D eigenvalue weighted by molar-refractivity contribution is -0.137. The van der Waals surface area contributed by atoms with E-state index in [0.717, 1.165) is 37.8 Å². The molecule has 0 saturated heterocycles. The number of carbonyl (C=O) groups excluding carboxylic acids is 1. The number of amides is 2. The minimum absolute atomic E-state index is 0.143. The third kappa shape index (κ3) is 4.74. The van der Waals surface area contributed by atoms with Gasteiger partial charge in [0.15, 0.2) is 0 Å². The fourth-order valence-corrected chi connectivity index (χ4v) is 3.57. The molecule has 1 aliphatic heterocycles. The van der Waals surface area contributed by atoms with Crippen LogP contribution in [0, 0.1) is 0 Å². The largest absolute Gasteiger partial charge is 0.416 e. The monoisotopic (exact) mass is 382 g/mol. The fourth-order valence-electron chi connectivity index (χ4n) is 3.57. The Kier molecular flexibility index (Phi) is 5.64. The fraction of sp³-hybridized carbons (Fsp3) is 0.526. The highest BCUT2D eigenvalue weighted by Gasteiger charge is 2.31. The van der Waals surface area contributed by atoms with Crippen LogP contribution in [0.4, 0.5) is 23.7 Å². The molecule has 1 aliphatic carbocycles. The normalized spacial score (nSPS) is 23.2. The van der Waals surface area contributed by atoms with Crippen molar-refractivity contribution in [3.63, 3.8) is 0 Å². The van der Waals surface area contributed by atoms with Gasteiger partial charge in [-0.15, -0.1) is 0 Å². The van der Waals surface area contributed by atoms with E-state index in [4.69, 9.17) is 0 Å². The number of hydrogen-bond acceptors (Lipinski definition) is 3. The van der Waals surface area contributed by atoms with E-state index in [2.05, 4.69) is 24.3 Å². The summed E-state index contributed by atoms with van der Waals surface area (Å²) in [6.07, 6.45) is 2.79. The molecule has 3 rings (SSSR count). The van der Waals surface area contributed by atoms with E-state index in [1.807, 2.05) is 0 Å². The molecule has 0 aromatic heterocycles. The van der Waals surface area contributed by atoms with Crippen LogP contribution in [0.25, 0.3) is 0 Å². The number of anilines is 1. The van der Waals surface area contributed by atoms with E-state index in [0.29, 0.717) is 11.7 Å². The van der Waals surface area contributed by atoms with Gasteiger partial charge in [0.1, 0.15) is 6.67 Å². The van der Waals surface area contributed by atoms with Crippen LogP contribution in [0.1, 0.15) is 31.2 Å². The smallest absolute Gasteiger partial charge is 0.335 e. The van der Waals surface area contributed by atoms with Gasteiger partial charge in [0.2, 0.25) is 0 Å². The third-order valence-corrected chi connectivity index (χ3v) is 5.25. The van der Waals surface area contributed by atoms with Gasteiger partial charge in [0, 0.05) is 30.2 Å². The average Bonchev–Trinajstić information content (AvgIpc) is 3.12. The van der Waals surface area contributed by atoms with Gasteiger partial charge in [-0.3, -0.25) is 4.90 Å². The standard InChI is InChI=1S/C19H25F3N4O/c1-24(2)16-8-6-15(7-9-16)23-18(27)26-11-10-25(13-26)17-5-3-4-14(12-17)19(20,21)22/h3-5,10-12,15-16H,6-9,13H2,1-2H3,(H,23,27). The summed E-state index contributed by atoms with van der Waals surface area (Å²) in [5.74, 6) is 0. The summed E-state index contributed by atoms with van der Waals surface area (Å²) in [7, 11) is 4.14. The van der Waals surface area contributed by atoms with Gasteiger partial charge in [-0.05, 0) is 58.0 Å². The summed E-state index contributed by atoms with van der Waals surface area (Å²) in [4.78, 5) is 17.8. The van der Waals surface area contributed by atoms with E-state index >= 15 is 0 Å². The van der Waals surface area contributed by atoms with Gasteiger partial charge in [-0.2, -0.15) is 13.2 Å². The number of benzene rings is 1. The lowest BCUT2D eigenvalue weighted by atomic mass is 9.90. The van der Waals surface area contributed by atoms with Crippen molar-refractivity contribution in [3.05, 3.63) is 42.2 Å². The molecule has 0 spiro atoms. The highest BCUT2D eigenvalue weighted by Crippen LogP contribution is 2.32. The summed E-state index contributed by atoms with van der Waals surface area (Å²) in [6, 6.07) is 5.59. The van der Waals surface area contributed by atoms with Gasteiger partial charge in [-0.1, -0.05) is 6.07 Å². The Labute approximate surface area is 157 Å². The van der Waals surface area contributed by atoms with E-state index < -0.39 is 11.7 Å². The zero-order chi connectivity index (χ0) is 19.6. The van der Waals surface area contributed by atoms with Crippen molar-refractivity contribution in [1.82, 2.24) is 15.1 Å². The van der Waals surface area contributed by atoms with Gasteiger partial charge in [0.25, 0.3) is 0 Å². The number of nitrogens with zero attached hydrogens (tertiary/aromatic N) is 3. The molecule has 1 N–H and O–H groups in total. The quantitative estimate of drug-likeness (QED) is 0.863. The highest BCUT2D eigenvalue weighted by atomic mass is 19.4. The lowest BCUT2D eigenvalue weighted by Crippen LogP contribution is -2.46. The number of carbonyl (C=O) groups is 1. The van der Waals surface area contributed by atoms with Crippen LogP contribution in [-0.4, -0.2) is 48.7 Å². The summed E-state index contributed by atoms with van der Waals surface area (Å²) >= 11 is 0. The molecule has 1 aromatic carbocycles. The molecule has 1 fully saturated rings. The van der Waals surface area contributed by atoms with Gasteiger partial charge in [-0.25, -0.2) is 4.79 Å². The Hall–Kier alpha value is -2.22. The molecule has 2 aliphatic rings. The van der Waals surface area contributed by atoms with Crippen molar-refractivity contribution in [1.29, 1.82) is 0 Å². The molecule has 1 heterocycles. The second-order valence-electron chi connectivity index (χ2n) is 7.35. The number of alkyl halides is 3. The second-order valence-corrected chi connectivity index (χ2v) is 7.35. The van der Waals surface area contributed by atoms with Crippen LogP contribution >= 0.6 is 0 Å². The molecule has 0 radical (unpaired) electrons. The number of rotatable bonds is 3. The summed E-state index contributed by atoms with van der Waals surface area (Å²) in [5, 5.41) is 3.04. The molecular weight excluding hydrogens is 357 g/mol. The second kappa shape index (κ2) is 7.80. The van der Waals surface area contributed by atoms with Crippen LogP contribution in [0.15, 0.2) is 36.7 Å². The number of nitrogens with one attached hydrogen (secondary N) is 1. The Morgan fingerprint density at radius 1 is 1.15 bits per heavy atom. The molecule has 0 unspecified atom stereocenters. The maximum absolute atomic E-state index is 12.9. The highest BCUT2D eigenvalue weighted by molar-refractivity contribution is 5.77. The van der Waals surface area contributed by atoms with Crippen LogP contribution in [0.5, 0.6) is 0 Å². The lowest BCUT2D eigenvalue weighted by Gasteiger charge is -2.33. The van der Waals surface area contributed by atoms with Gasteiger partial charge in [0.05, 0.1) is 5.56 Å². The summed E-state index contributed by atoms with van der Waals surface area (Å²) in [6.45, 7) is 0.195. The van der Waals surface area contributed by atoms with E-state index in [1.54, 1.807) is 23.4 Å². The minimum Gasteiger partial charge on any atom is -0.335 e. The van der Waals surface area contributed by atoms with Crippen LogP contribution in [0.3, 0.4) is 0 Å². The van der Waals surface area contributed by atoms with Crippen molar-refractivity contribution in [2.75, 3.05) is 25.7 Å². The summed E-state index contributed by atoms with van der Waals surface area (Å²) in [5.41, 5.74) is -0.295. The van der Waals surface area contributed by atoms with E-state index in [1.165, 1.54) is 11.0 Å². The topological polar surface area (TPSA) is 38.8 Å². The first-order valence-electron chi connectivity index (χ1n) is 9.10. The molecule has 5 nitrogen and oxygen atoms in total. The van der Waals surface area contributed by atoms with E-state index in [-0.39, 0.29) is 18.7 Å². The van der Waals surface area contributed by atoms with Crippen molar-refractivity contribution < 1.29 is 18.0 Å². The first-order valence-corrected chi connectivity index (χ1v) is 9.10. The summed E-state index contributed by atoms with van der Waals surface area (Å²) < 4.78 is 38.7. The van der Waals surface area contributed by atoms with Crippen LogP contribution in [-0.2, 0) is 6.18 Å². The molecule has 0 atom stereocenters. The Balaban J connectivity index is 1.54. The van der Waals surface area contributed by atoms with Crippen molar-refractivity contribution in [2.24, 2.45) is 0 Å². The molecule has 8 heteroatoms. The minimum atomic E-state index is -4.39. The zero-order valence-electron chi connectivity index (χ0n) is 15.5. The predicted molar refractivity (Wildman–Crippen MR) is 98.0 cm³/mol. The van der Waals surface area contributed by atoms with Crippen LogP contribution < -0.4 is 10.2 Å². The van der Waals surface area contributed by atoms with E-state index in [9.17, 15) is 18.0 Å². The number of halogens is 3.